The van der Waals surface area contributed by atoms with Crippen molar-refractivity contribution in [1.82, 2.24) is 4.90 Å². The van der Waals surface area contributed by atoms with E-state index in [0.717, 1.165) is 47.8 Å². The molecular weight excluding hydrogens is 494 g/mol. The number of aliphatic imine (C=N–C) groups is 1. The molecule has 0 bridgehead atoms. The van der Waals surface area contributed by atoms with Crippen LogP contribution >= 0.6 is 11.8 Å². The summed E-state index contributed by atoms with van der Waals surface area (Å²) in [6, 6.07) is 18.2. The molecule has 1 amide bonds. The van der Waals surface area contributed by atoms with Gasteiger partial charge in [0.1, 0.15) is 5.75 Å². The molecule has 0 spiro atoms. The quantitative estimate of drug-likeness (QED) is 0.451. The van der Waals surface area contributed by atoms with Crippen molar-refractivity contribution in [2.75, 3.05) is 7.11 Å². The standard InChI is InChI=1S/C27H27N3O4S2/c1-34-23-12-9-19-15-18(7-8-20(19)17-23)16-25-26(31)30(22-5-3-2-4-6-22)27(35-25)29-21-10-13-24(14-11-21)36(28,32)33/h7-17,22H,2-6H2,1H3,(H2,28,32,33). The number of hydrogen-bond acceptors (Lipinski definition) is 6. The van der Waals surface area contributed by atoms with Gasteiger partial charge in [0.05, 0.1) is 22.6 Å². The molecular formula is C27H27N3O4S2. The first-order chi connectivity index (χ1) is 17.3. The number of amides is 1. The summed E-state index contributed by atoms with van der Waals surface area (Å²) in [6.07, 6.45) is 7.16. The largest absolute Gasteiger partial charge is 0.497 e. The molecule has 0 atom stereocenters. The van der Waals surface area contributed by atoms with E-state index in [1.54, 1.807) is 19.2 Å². The van der Waals surface area contributed by atoms with Crippen molar-refractivity contribution < 1.29 is 17.9 Å². The summed E-state index contributed by atoms with van der Waals surface area (Å²) in [5, 5.41) is 7.96. The Balaban J connectivity index is 1.49. The van der Waals surface area contributed by atoms with Crippen LogP contribution in [0, 0.1) is 0 Å². The van der Waals surface area contributed by atoms with Crippen LogP contribution in [0.2, 0.25) is 0 Å². The van der Waals surface area contributed by atoms with Crippen LogP contribution in [0.1, 0.15) is 37.7 Å². The Labute approximate surface area is 215 Å². The van der Waals surface area contributed by atoms with Crippen molar-refractivity contribution in [2.45, 2.75) is 43.0 Å². The van der Waals surface area contributed by atoms with Gasteiger partial charge in [-0.15, -0.1) is 0 Å². The molecule has 2 aliphatic rings. The second-order valence-corrected chi connectivity index (χ2v) is 11.6. The number of thioether (sulfide) groups is 1. The van der Waals surface area contributed by atoms with Crippen LogP contribution in [0.4, 0.5) is 5.69 Å². The van der Waals surface area contributed by atoms with E-state index in [2.05, 4.69) is 6.07 Å². The van der Waals surface area contributed by atoms with E-state index < -0.39 is 10.0 Å². The Morgan fingerprint density at radius 1 is 1.00 bits per heavy atom. The molecule has 5 rings (SSSR count). The number of rotatable bonds is 5. The lowest BCUT2D eigenvalue weighted by molar-refractivity contribution is -0.124. The molecule has 1 saturated carbocycles. The number of fused-ring (bicyclic) bond motifs is 1. The summed E-state index contributed by atoms with van der Waals surface area (Å²) in [4.78, 5) is 20.8. The Kier molecular flexibility index (Phi) is 6.87. The fraction of sp³-hybridized carbons (Fsp3) is 0.259. The predicted molar refractivity (Wildman–Crippen MR) is 145 cm³/mol. The van der Waals surface area contributed by atoms with E-state index >= 15 is 0 Å². The van der Waals surface area contributed by atoms with E-state index in [-0.39, 0.29) is 16.8 Å². The van der Waals surface area contributed by atoms with Crippen molar-refractivity contribution in [1.29, 1.82) is 0 Å². The number of nitrogens with zero attached hydrogens (tertiary/aromatic N) is 2. The normalized spacial score (nSPS) is 19.5. The highest BCUT2D eigenvalue weighted by atomic mass is 32.2. The summed E-state index contributed by atoms with van der Waals surface area (Å²) < 4.78 is 28.5. The Hall–Kier alpha value is -3.14. The number of sulfonamides is 1. The predicted octanol–water partition coefficient (Wildman–Crippen LogP) is 5.43. The van der Waals surface area contributed by atoms with Gasteiger partial charge >= 0.3 is 0 Å². The molecule has 186 valence electrons. The lowest BCUT2D eigenvalue weighted by Crippen LogP contribution is -2.40. The first-order valence-corrected chi connectivity index (χ1v) is 14.2. The van der Waals surface area contributed by atoms with Crippen LogP contribution in [0.5, 0.6) is 5.75 Å². The molecule has 1 heterocycles. The zero-order valence-corrected chi connectivity index (χ0v) is 21.5. The molecule has 7 nitrogen and oxygen atoms in total. The summed E-state index contributed by atoms with van der Waals surface area (Å²) in [7, 11) is -2.13. The number of hydrogen-bond donors (Lipinski definition) is 1. The molecule has 36 heavy (non-hydrogen) atoms. The Morgan fingerprint density at radius 3 is 2.39 bits per heavy atom. The number of benzene rings is 3. The van der Waals surface area contributed by atoms with Gasteiger partial charge in [-0.3, -0.25) is 9.69 Å². The van der Waals surface area contributed by atoms with Crippen molar-refractivity contribution in [3.05, 3.63) is 71.1 Å². The summed E-state index contributed by atoms with van der Waals surface area (Å²) in [6.45, 7) is 0. The molecule has 0 aromatic heterocycles. The molecule has 3 aromatic rings. The van der Waals surface area contributed by atoms with Crippen molar-refractivity contribution in [2.24, 2.45) is 10.1 Å². The second kappa shape index (κ2) is 10.1. The van der Waals surface area contributed by atoms with E-state index in [4.69, 9.17) is 14.9 Å². The molecule has 1 saturated heterocycles. The third-order valence-electron chi connectivity index (χ3n) is 6.54. The molecule has 3 aromatic carbocycles. The highest BCUT2D eigenvalue weighted by Crippen LogP contribution is 2.39. The van der Waals surface area contributed by atoms with Crippen LogP contribution in [-0.4, -0.2) is 37.5 Å². The van der Waals surface area contributed by atoms with E-state index in [9.17, 15) is 13.2 Å². The van der Waals surface area contributed by atoms with Gasteiger partial charge < -0.3 is 4.74 Å². The SMILES string of the molecule is COc1ccc2cc(C=C3SC(=Nc4ccc(S(N)(=O)=O)cc4)N(C4CCCCC4)C3=O)ccc2c1. The lowest BCUT2D eigenvalue weighted by Gasteiger charge is -2.30. The third kappa shape index (κ3) is 5.18. The van der Waals surface area contributed by atoms with Gasteiger partial charge in [-0.05, 0) is 89.5 Å². The van der Waals surface area contributed by atoms with E-state index in [1.807, 2.05) is 41.3 Å². The van der Waals surface area contributed by atoms with Crippen molar-refractivity contribution in [3.8, 4) is 5.75 Å². The number of nitrogens with two attached hydrogens (primary N) is 1. The second-order valence-electron chi connectivity index (χ2n) is 8.98. The van der Waals surface area contributed by atoms with Crippen LogP contribution in [0.15, 0.2) is 75.5 Å². The van der Waals surface area contributed by atoms with E-state index in [1.165, 1.54) is 30.3 Å². The van der Waals surface area contributed by atoms with Crippen LogP contribution in [0.25, 0.3) is 16.8 Å². The number of carbonyl (C=O) groups is 1. The highest BCUT2D eigenvalue weighted by Gasteiger charge is 2.38. The minimum atomic E-state index is -3.78. The fourth-order valence-corrected chi connectivity index (χ4v) is 6.23. The molecule has 2 fully saturated rings. The van der Waals surface area contributed by atoms with Crippen LogP contribution < -0.4 is 9.88 Å². The Morgan fingerprint density at radius 2 is 1.69 bits per heavy atom. The number of methoxy groups -OCH3 is 1. The lowest BCUT2D eigenvalue weighted by atomic mass is 9.94. The molecule has 9 heteroatoms. The number of primary sulfonamides is 1. The van der Waals surface area contributed by atoms with Gasteiger partial charge in [-0.25, -0.2) is 18.5 Å². The minimum Gasteiger partial charge on any atom is -0.497 e. The maximum absolute atomic E-state index is 13.6. The van der Waals surface area contributed by atoms with Crippen molar-refractivity contribution in [3.63, 3.8) is 0 Å². The zero-order chi connectivity index (χ0) is 25.3. The molecule has 0 unspecified atom stereocenters. The topological polar surface area (TPSA) is 102 Å². The smallest absolute Gasteiger partial charge is 0.267 e. The van der Waals surface area contributed by atoms with Gasteiger partial charge in [0, 0.05) is 6.04 Å². The summed E-state index contributed by atoms with van der Waals surface area (Å²) in [5.74, 6) is 0.762. The maximum Gasteiger partial charge on any atom is 0.267 e. The van der Waals surface area contributed by atoms with Crippen LogP contribution in [-0.2, 0) is 14.8 Å². The van der Waals surface area contributed by atoms with Gasteiger partial charge in [-0.1, -0.05) is 37.5 Å². The summed E-state index contributed by atoms with van der Waals surface area (Å²) in [5.41, 5.74) is 1.50. The van der Waals surface area contributed by atoms with E-state index in [0.29, 0.717) is 15.8 Å². The Bertz CT molecular complexity index is 1470. The molecule has 1 aliphatic heterocycles. The highest BCUT2D eigenvalue weighted by molar-refractivity contribution is 8.18. The molecule has 1 aliphatic carbocycles. The number of ether oxygens (including phenoxy) is 1. The van der Waals surface area contributed by atoms with Gasteiger partial charge in [0.2, 0.25) is 10.0 Å². The minimum absolute atomic E-state index is 0.0280. The fourth-order valence-electron chi connectivity index (χ4n) is 4.66. The molecule has 2 N–H and O–H groups in total. The van der Waals surface area contributed by atoms with Gasteiger partial charge in [-0.2, -0.15) is 0 Å². The third-order valence-corrected chi connectivity index (χ3v) is 8.45. The number of carbonyl (C=O) groups excluding carboxylic acids is 1. The van der Waals surface area contributed by atoms with Gasteiger partial charge in [0.25, 0.3) is 5.91 Å². The number of amidine groups is 1. The first kappa shape index (κ1) is 24.5. The molecule has 0 radical (unpaired) electrons. The van der Waals surface area contributed by atoms with Gasteiger partial charge in [0.15, 0.2) is 5.17 Å². The monoisotopic (exact) mass is 521 g/mol. The average molecular weight is 522 g/mol. The first-order valence-electron chi connectivity index (χ1n) is 11.8. The average Bonchev–Trinajstić information content (AvgIpc) is 3.18. The summed E-state index contributed by atoms with van der Waals surface area (Å²) >= 11 is 1.36. The zero-order valence-electron chi connectivity index (χ0n) is 19.9. The maximum atomic E-state index is 13.6. The van der Waals surface area contributed by atoms with Crippen molar-refractivity contribution >= 4 is 55.4 Å². The van der Waals surface area contributed by atoms with Crippen LogP contribution in [0.3, 0.4) is 0 Å².